The fourth-order valence-corrected chi connectivity index (χ4v) is 3.70. The van der Waals surface area contributed by atoms with Crippen molar-refractivity contribution in [2.45, 2.75) is 17.9 Å². The molecule has 0 N–H and O–H groups in total. The number of fused-ring (bicyclic) bond motifs is 1. The average Bonchev–Trinajstić information content (AvgIpc) is 2.97. The Balaban J connectivity index is 1.44. The van der Waals surface area contributed by atoms with Gasteiger partial charge < -0.3 is 4.74 Å². The molecule has 0 aliphatic rings. The van der Waals surface area contributed by atoms with E-state index < -0.39 is 0 Å². The highest BCUT2D eigenvalue weighted by molar-refractivity contribution is 7.99. The predicted octanol–water partition coefficient (Wildman–Crippen LogP) is 4.52. The molecule has 2 aromatic carbocycles. The highest BCUT2D eigenvalue weighted by Crippen LogP contribution is 2.22. The van der Waals surface area contributed by atoms with Gasteiger partial charge in [-0.05, 0) is 24.3 Å². The van der Waals surface area contributed by atoms with Gasteiger partial charge in [0.05, 0.1) is 16.6 Å². The number of aromatic nitrogens is 1. The summed E-state index contributed by atoms with van der Waals surface area (Å²) >= 11 is 3.23. The minimum Gasteiger partial charge on any atom is -0.458 e. The number of carbonyl (C=O) groups excluding carboxylic acids is 1. The third kappa shape index (κ3) is 4.08. The molecule has 0 saturated carbocycles. The Hall–Kier alpha value is -1.85. The van der Waals surface area contributed by atoms with Crippen LogP contribution in [0.15, 0.2) is 59.5 Å². The van der Waals surface area contributed by atoms with Gasteiger partial charge in [0.15, 0.2) is 0 Å². The molecule has 0 saturated heterocycles. The standard InChI is InChI=1S/C17H15NO2S2/c19-17(10-11-21-13-6-2-1-3-7-13)20-12-16-18-14-8-4-5-9-15(14)22-16/h1-9H,10-12H2. The van der Waals surface area contributed by atoms with Crippen LogP contribution in [0.1, 0.15) is 11.4 Å². The number of nitrogens with zero attached hydrogens (tertiary/aromatic N) is 1. The van der Waals surface area contributed by atoms with E-state index in [9.17, 15) is 4.79 Å². The van der Waals surface area contributed by atoms with Crippen LogP contribution in [0, 0.1) is 0 Å². The van der Waals surface area contributed by atoms with Crippen LogP contribution in [0.2, 0.25) is 0 Å². The molecule has 0 atom stereocenters. The SMILES string of the molecule is O=C(CCSc1ccccc1)OCc1nc2ccccc2s1. The van der Waals surface area contributed by atoms with Gasteiger partial charge >= 0.3 is 5.97 Å². The van der Waals surface area contributed by atoms with Crippen LogP contribution in [0.3, 0.4) is 0 Å². The molecule has 3 aromatic rings. The Morgan fingerprint density at radius 2 is 1.86 bits per heavy atom. The Kier molecular flexibility index (Phi) is 5.08. The fourth-order valence-electron chi connectivity index (χ4n) is 1.97. The van der Waals surface area contributed by atoms with Crippen LogP contribution in [0.4, 0.5) is 0 Å². The van der Waals surface area contributed by atoms with Crippen molar-refractivity contribution < 1.29 is 9.53 Å². The Morgan fingerprint density at radius 1 is 1.09 bits per heavy atom. The maximum absolute atomic E-state index is 11.8. The summed E-state index contributed by atoms with van der Waals surface area (Å²) in [6, 6.07) is 18.0. The first-order valence-corrected chi connectivity index (χ1v) is 8.79. The van der Waals surface area contributed by atoms with Gasteiger partial charge in [-0.3, -0.25) is 4.79 Å². The maximum Gasteiger partial charge on any atom is 0.307 e. The second-order valence-electron chi connectivity index (χ2n) is 4.65. The summed E-state index contributed by atoms with van der Waals surface area (Å²) in [5, 5.41) is 0.838. The van der Waals surface area contributed by atoms with E-state index in [1.165, 1.54) is 4.90 Å². The van der Waals surface area contributed by atoms with Gasteiger partial charge in [-0.1, -0.05) is 30.3 Å². The number of carbonyl (C=O) groups is 1. The van der Waals surface area contributed by atoms with Crippen molar-refractivity contribution in [2.75, 3.05) is 5.75 Å². The smallest absolute Gasteiger partial charge is 0.307 e. The van der Waals surface area contributed by atoms with Gasteiger partial charge in [0.25, 0.3) is 0 Å². The molecule has 0 aliphatic carbocycles. The molecule has 3 rings (SSSR count). The number of thioether (sulfide) groups is 1. The molecule has 0 aliphatic heterocycles. The molecule has 0 fully saturated rings. The zero-order valence-corrected chi connectivity index (χ0v) is 13.5. The van der Waals surface area contributed by atoms with Crippen LogP contribution < -0.4 is 0 Å². The predicted molar refractivity (Wildman–Crippen MR) is 91.2 cm³/mol. The van der Waals surface area contributed by atoms with E-state index in [1.54, 1.807) is 23.1 Å². The molecule has 0 amide bonds. The Bertz CT molecular complexity index is 722. The third-order valence-corrected chi connectivity index (χ3v) is 5.04. The van der Waals surface area contributed by atoms with Crippen LogP contribution in [-0.2, 0) is 16.1 Å². The van der Waals surface area contributed by atoms with Gasteiger partial charge in [-0.15, -0.1) is 23.1 Å². The van der Waals surface area contributed by atoms with Crippen LogP contribution in [0.25, 0.3) is 10.2 Å². The lowest BCUT2D eigenvalue weighted by molar-refractivity contribution is -0.144. The quantitative estimate of drug-likeness (QED) is 0.492. The van der Waals surface area contributed by atoms with Crippen LogP contribution in [-0.4, -0.2) is 16.7 Å². The topological polar surface area (TPSA) is 39.2 Å². The van der Waals surface area contributed by atoms with Gasteiger partial charge in [-0.2, -0.15) is 0 Å². The summed E-state index contributed by atoms with van der Waals surface area (Å²) in [7, 11) is 0. The van der Waals surface area contributed by atoms with Crippen LogP contribution in [0.5, 0.6) is 0 Å². The highest BCUT2D eigenvalue weighted by atomic mass is 32.2. The van der Waals surface area contributed by atoms with Crippen molar-refractivity contribution in [2.24, 2.45) is 0 Å². The molecular weight excluding hydrogens is 314 g/mol. The monoisotopic (exact) mass is 329 g/mol. The molecule has 0 bridgehead atoms. The lowest BCUT2D eigenvalue weighted by Crippen LogP contribution is -2.05. The first-order chi connectivity index (χ1) is 10.8. The average molecular weight is 329 g/mol. The summed E-state index contributed by atoms with van der Waals surface area (Å²) in [4.78, 5) is 17.4. The van der Waals surface area contributed by atoms with Crippen molar-refractivity contribution in [3.8, 4) is 0 Å². The zero-order chi connectivity index (χ0) is 15.2. The third-order valence-electron chi connectivity index (χ3n) is 3.01. The van der Waals surface area contributed by atoms with E-state index in [0.29, 0.717) is 6.42 Å². The Morgan fingerprint density at radius 3 is 2.68 bits per heavy atom. The number of hydrogen-bond acceptors (Lipinski definition) is 5. The van der Waals surface area contributed by atoms with Crippen molar-refractivity contribution >= 4 is 39.3 Å². The lowest BCUT2D eigenvalue weighted by Gasteiger charge is -2.03. The van der Waals surface area contributed by atoms with E-state index in [4.69, 9.17) is 4.74 Å². The van der Waals surface area contributed by atoms with Gasteiger partial charge in [0.1, 0.15) is 11.6 Å². The zero-order valence-electron chi connectivity index (χ0n) is 11.9. The van der Waals surface area contributed by atoms with Gasteiger partial charge in [0, 0.05) is 10.6 Å². The molecule has 1 heterocycles. The first kappa shape index (κ1) is 15.1. The number of ether oxygens (including phenoxy) is 1. The molecular formula is C17H15NO2S2. The van der Waals surface area contributed by atoms with Gasteiger partial charge in [0.2, 0.25) is 0 Å². The lowest BCUT2D eigenvalue weighted by atomic mass is 10.3. The normalized spacial score (nSPS) is 10.7. The summed E-state index contributed by atoms with van der Waals surface area (Å²) in [6.07, 6.45) is 0.407. The molecule has 1 aromatic heterocycles. The highest BCUT2D eigenvalue weighted by Gasteiger charge is 2.07. The number of para-hydroxylation sites is 1. The minimum atomic E-state index is -0.178. The van der Waals surface area contributed by atoms with E-state index in [1.807, 2.05) is 54.6 Å². The van der Waals surface area contributed by atoms with Crippen molar-refractivity contribution in [3.63, 3.8) is 0 Å². The summed E-state index contributed by atoms with van der Waals surface area (Å²) in [5.74, 6) is 0.547. The summed E-state index contributed by atoms with van der Waals surface area (Å²) < 4.78 is 6.41. The number of rotatable bonds is 6. The number of thiazole rings is 1. The van der Waals surface area contributed by atoms with E-state index >= 15 is 0 Å². The Labute approximate surface area is 137 Å². The maximum atomic E-state index is 11.8. The molecule has 112 valence electrons. The first-order valence-electron chi connectivity index (χ1n) is 6.99. The van der Waals surface area contributed by atoms with Gasteiger partial charge in [-0.25, -0.2) is 4.98 Å². The van der Waals surface area contributed by atoms with E-state index in [0.717, 1.165) is 21.0 Å². The van der Waals surface area contributed by atoms with E-state index in [2.05, 4.69) is 4.98 Å². The second-order valence-corrected chi connectivity index (χ2v) is 6.93. The largest absolute Gasteiger partial charge is 0.458 e. The van der Waals surface area contributed by atoms with Crippen molar-refractivity contribution in [1.82, 2.24) is 4.98 Å². The van der Waals surface area contributed by atoms with E-state index in [-0.39, 0.29) is 12.6 Å². The molecule has 5 heteroatoms. The molecule has 0 spiro atoms. The number of esters is 1. The molecule has 0 radical (unpaired) electrons. The van der Waals surface area contributed by atoms with Crippen LogP contribution >= 0.6 is 23.1 Å². The number of hydrogen-bond donors (Lipinski definition) is 0. The van der Waals surface area contributed by atoms with Crippen molar-refractivity contribution in [1.29, 1.82) is 0 Å². The molecule has 0 unspecified atom stereocenters. The summed E-state index contributed by atoms with van der Waals surface area (Å²) in [5.41, 5.74) is 0.957. The minimum absolute atomic E-state index is 0.178. The molecule has 22 heavy (non-hydrogen) atoms. The van der Waals surface area contributed by atoms with Crippen molar-refractivity contribution in [3.05, 3.63) is 59.6 Å². The summed E-state index contributed by atoms with van der Waals surface area (Å²) in [6.45, 7) is 0.258. The number of benzene rings is 2. The molecule has 3 nitrogen and oxygen atoms in total. The fraction of sp³-hybridized carbons (Fsp3) is 0.176. The second kappa shape index (κ2) is 7.42.